The maximum Gasteiger partial charge on any atom is 0.106 e. The van der Waals surface area contributed by atoms with Crippen LogP contribution in [0.2, 0.25) is 0 Å². The molecule has 1 aliphatic heterocycles. The molecule has 3 atom stereocenters. The first-order valence-corrected chi connectivity index (χ1v) is 9.06. The number of aryl methyl sites for hydroxylation is 1. The number of methoxy groups -OCH3 is 1. The van der Waals surface area contributed by atoms with Gasteiger partial charge in [-0.2, -0.15) is 0 Å². The highest BCUT2D eigenvalue weighted by Gasteiger charge is 2.37. The minimum atomic E-state index is 0.380. The maximum absolute atomic E-state index is 6.02. The molecule has 0 bridgehead atoms. The van der Waals surface area contributed by atoms with Gasteiger partial charge < -0.3 is 14.0 Å². The number of hydrogen-bond donors (Lipinski definition) is 0. The second-order valence-electron chi connectivity index (χ2n) is 6.98. The van der Waals surface area contributed by atoms with Crippen LogP contribution < -0.4 is 0 Å². The van der Waals surface area contributed by atoms with Crippen LogP contribution >= 0.6 is 0 Å². The molecule has 0 spiro atoms. The lowest BCUT2D eigenvalue weighted by Gasteiger charge is -2.45. The second kappa shape index (κ2) is 6.82. The minimum Gasteiger partial charge on any atom is -0.381 e. The van der Waals surface area contributed by atoms with Gasteiger partial charge in [0.2, 0.25) is 0 Å². The lowest BCUT2D eigenvalue weighted by atomic mass is 9.88. The second-order valence-corrected chi connectivity index (χ2v) is 6.98. The van der Waals surface area contributed by atoms with Crippen LogP contribution in [0.5, 0.6) is 0 Å². The molecule has 0 N–H and O–H groups in total. The Hall–Kier alpha value is -1.43. The number of aromatic nitrogens is 2. The van der Waals surface area contributed by atoms with Crippen LogP contribution in [-0.2, 0) is 16.0 Å². The van der Waals surface area contributed by atoms with Crippen molar-refractivity contribution in [1.29, 1.82) is 0 Å². The number of morpholine rings is 1. The fourth-order valence-electron chi connectivity index (χ4n) is 4.35. The Morgan fingerprint density at radius 1 is 1.25 bits per heavy atom. The zero-order valence-electron chi connectivity index (χ0n) is 14.6. The van der Waals surface area contributed by atoms with Crippen molar-refractivity contribution in [2.24, 2.45) is 0 Å². The number of benzene rings is 1. The quantitative estimate of drug-likeness (QED) is 0.864. The monoisotopic (exact) mass is 329 g/mol. The Bertz CT molecular complexity index is 699. The van der Waals surface area contributed by atoms with Gasteiger partial charge in [0.1, 0.15) is 5.82 Å². The van der Waals surface area contributed by atoms with E-state index in [1.807, 2.05) is 7.11 Å². The molecule has 0 radical (unpaired) electrons. The smallest absolute Gasteiger partial charge is 0.106 e. The SMILES string of the molecule is CO[C@@H]1CC[C@H]2OCCN(CCn3c(C)nc4ccccc43)[C@H]2C1. The average Bonchev–Trinajstić information content (AvgIpc) is 2.94. The van der Waals surface area contributed by atoms with E-state index in [4.69, 9.17) is 9.47 Å². The van der Waals surface area contributed by atoms with Gasteiger partial charge in [-0.05, 0) is 38.3 Å². The number of para-hydroxylation sites is 2. The van der Waals surface area contributed by atoms with Crippen LogP contribution in [0.4, 0.5) is 0 Å². The normalized spacial score (nSPS) is 28.2. The lowest BCUT2D eigenvalue weighted by Crippen LogP contribution is -2.55. The topological polar surface area (TPSA) is 39.5 Å². The predicted molar refractivity (Wildman–Crippen MR) is 94.2 cm³/mol. The maximum atomic E-state index is 6.02. The molecule has 2 fully saturated rings. The molecule has 1 aromatic heterocycles. The highest BCUT2D eigenvalue weighted by molar-refractivity contribution is 5.75. The fraction of sp³-hybridized carbons (Fsp3) is 0.632. The highest BCUT2D eigenvalue weighted by Crippen LogP contribution is 2.30. The van der Waals surface area contributed by atoms with Crippen molar-refractivity contribution in [3.8, 4) is 0 Å². The summed E-state index contributed by atoms with van der Waals surface area (Å²) in [4.78, 5) is 7.29. The molecule has 2 heterocycles. The van der Waals surface area contributed by atoms with E-state index in [2.05, 4.69) is 45.6 Å². The van der Waals surface area contributed by atoms with Crippen LogP contribution in [0.15, 0.2) is 24.3 Å². The lowest BCUT2D eigenvalue weighted by molar-refractivity contribution is -0.113. The standard InChI is InChI=1S/C19H27N3O2/c1-14-20-16-5-3-4-6-17(16)22(14)10-9-21-11-12-24-19-8-7-15(23-2)13-18(19)21/h3-6,15,18-19H,7-13H2,1-2H3/t15-,18+,19-/m1/s1. The number of imidazole rings is 1. The summed E-state index contributed by atoms with van der Waals surface area (Å²) in [6.45, 7) is 5.99. The van der Waals surface area contributed by atoms with E-state index < -0.39 is 0 Å². The summed E-state index contributed by atoms with van der Waals surface area (Å²) in [6, 6.07) is 8.90. The van der Waals surface area contributed by atoms with Crippen LogP contribution in [0.3, 0.4) is 0 Å². The van der Waals surface area contributed by atoms with Crippen molar-refractivity contribution < 1.29 is 9.47 Å². The molecule has 130 valence electrons. The first-order valence-electron chi connectivity index (χ1n) is 9.06. The molecule has 1 saturated carbocycles. The summed E-state index contributed by atoms with van der Waals surface area (Å²) in [5.41, 5.74) is 2.32. The zero-order valence-corrected chi connectivity index (χ0v) is 14.6. The van der Waals surface area contributed by atoms with E-state index in [-0.39, 0.29) is 0 Å². The van der Waals surface area contributed by atoms with Crippen molar-refractivity contribution in [2.45, 2.75) is 51.0 Å². The molecular weight excluding hydrogens is 302 g/mol. The third kappa shape index (κ3) is 2.96. The summed E-state index contributed by atoms with van der Waals surface area (Å²) >= 11 is 0. The summed E-state index contributed by atoms with van der Waals surface area (Å²) in [5, 5.41) is 0. The highest BCUT2D eigenvalue weighted by atomic mass is 16.5. The summed E-state index contributed by atoms with van der Waals surface area (Å²) in [7, 11) is 1.83. The Kier molecular flexibility index (Phi) is 4.57. The predicted octanol–water partition coefficient (Wildman–Crippen LogP) is 2.61. The first kappa shape index (κ1) is 16.1. The van der Waals surface area contributed by atoms with Crippen molar-refractivity contribution in [1.82, 2.24) is 14.5 Å². The number of fused-ring (bicyclic) bond motifs is 2. The van der Waals surface area contributed by atoms with Crippen molar-refractivity contribution in [3.63, 3.8) is 0 Å². The number of ether oxygens (including phenoxy) is 2. The summed E-state index contributed by atoms with van der Waals surface area (Å²) in [6.07, 6.45) is 4.09. The van der Waals surface area contributed by atoms with Crippen molar-refractivity contribution in [3.05, 3.63) is 30.1 Å². The van der Waals surface area contributed by atoms with Gasteiger partial charge in [-0.25, -0.2) is 4.98 Å². The van der Waals surface area contributed by atoms with Gasteiger partial charge >= 0.3 is 0 Å². The number of nitrogens with zero attached hydrogens (tertiary/aromatic N) is 3. The van der Waals surface area contributed by atoms with Crippen LogP contribution in [0, 0.1) is 6.92 Å². The Morgan fingerprint density at radius 2 is 2.12 bits per heavy atom. The molecule has 0 amide bonds. The average molecular weight is 329 g/mol. The largest absolute Gasteiger partial charge is 0.381 e. The van der Waals surface area contributed by atoms with E-state index in [0.29, 0.717) is 18.2 Å². The van der Waals surface area contributed by atoms with E-state index in [1.54, 1.807) is 0 Å². The molecule has 2 aliphatic rings. The van der Waals surface area contributed by atoms with Crippen molar-refractivity contribution in [2.75, 3.05) is 26.8 Å². The van der Waals surface area contributed by atoms with Gasteiger partial charge in [-0.1, -0.05) is 12.1 Å². The zero-order chi connectivity index (χ0) is 16.5. The third-order valence-electron chi connectivity index (χ3n) is 5.68. The van der Waals surface area contributed by atoms with Crippen molar-refractivity contribution >= 4 is 11.0 Å². The van der Waals surface area contributed by atoms with Gasteiger partial charge in [0.25, 0.3) is 0 Å². The molecule has 2 aromatic rings. The molecule has 1 aromatic carbocycles. The van der Waals surface area contributed by atoms with Gasteiger partial charge in [-0.3, -0.25) is 4.90 Å². The Morgan fingerprint density at radius 3 is 3.00 bits per heavy atom. The third-order valence-corrected chi connectivity index (χ3v) is 5.68. The van der Waals surface area contributed by atoms with Gasteiger partial charge in [0, 0.05) is 32.8 Å². The molecule has 5 heteroatoms. The van der Waals surface area contributed by atoms with Crippen LogP contribution in [0.1, 0.15) is 25.1 Å². The molecule has 24 heavy (non-hydrogen) atoms. The van der Waals surface area contributed by atoms with Gasteiger partial charge in [0.15, 0.2) is 0 Å². The Balaban J connectivity index is 1.48. The van der Waals surface area contributed by atoms with E-state index in [9.17, 15) is 0 Å². The van der Waals surface area contributed by atoms with Crippen LogP contribution in [-0.4, -0.2) is 59.5 Å². The molecule has 1 saturated heterocycles. The van der Waals surface area contributed by atoms with E-state index >= 15 is 0 Å². The number of hydrogen-bond acceptors (Lipinski definition) is 4. The molecule has 5 nitrogen and oxygen atoms in total. The van der Waals surface area contributed by atoms with Crippen LogP contribution in [0.25, 0.3) is 11.0 Å². The number of rotatable bonds is 4. The molecule has 4 rings (SSSR count). The van der Waals surface area contributed by atoms with Gasteiger partial charge in [0.05, 0.1) is 29.8 Å². The molecule has 1 aliphatic carbocycles. The van der Waals surface area contributed by atoms with Gasteiger partial charge in [-0.15, -0.1) is 0 Å². The first-order chi connectivity index (χ1) is 11.8. The molecular formula is C19H27N3O2. The van der Waals surface area contributed by atoms with E-state index in [0.717, 1.165) is 56.8 Å². The molecule has 0 unspecified atom stereocenters. The summed E-state index contributed by atoms with van der Waals surface area (Å²) in [5.74, 6) is 1.10. The Labute approximate surface area is 143 Å². The van der Waals surface area contributed by atoms with E-state index in [1.165, 1.54) is 5.52 Å². The minimum absolute atomic E-state index is 0.380. The summed E-state index contributed by atoms with van der Waals surface area (Å²) < 4.78 is 14.0. The fourth-order valence-corrected chi connectivity index (χ4v) is 4.35.